The summed E-state index contributed by atoms with van der Waals surface area (Å²) in [5, 5.41) is 16.6. The number of hydrogen-bond donors (Lipinski definition) is 2. The van der Waals surface area contributed by atoms with Crippen LogP contribution in [0.3, 0.4) is 0 Å². The van der Waals surface area contributed by atoms with Gasteiger partial charge in [0.1, 0.15) is 0 Å². The maximum Gasteiger partial charge on any atom is 0.224 e. The molecule has 2 heterocycles. The Hall–Kier alpha value is -1.40. The monoisotopic (exact) mass is 322 g/mol. The van der Waals surface area contributed by atoms with Gasteiger partial charge in [0.05, 0.1) is 18.7 Å². The highest BCUT2D eigenvalue weighted by Gasteiger charge is 2.22. The van der Waals surface area contributed by atoms with Gasteiger partial charge in [-0.2, -0.15) is 5.10 Å². The van der Waals surface area contributed by atoms with Gasteiger partial charge in [-0.05, 0) is 52.6 Å². The minimum Gasteiger partial charge on any atom is -0.395 e. The van der Waals surface area contributed by atoms with Crippen molar-refractivity contribution < 1.29 is 9.90 Å². The molecule has 1 atom stereocenters. The van der Waals surface area contributed by atoms with E-state index in [0.717, 1.165) is 55.8 Å². The summed E-state index contributed by atoms with van der Waals surface area (Å²) in [4.78, 5) is 14.4. The van der Waals surface area contributed by atoms with E-state index in [0.29, 0.717) is 12.5 Å². The molecule has 1 aromatic rings. The van der Waals surface area contributed by atoms with E-state index in [1.165, 1.54) is 6.42 Å². The normalized spacial score (nSPS) is 18.5. The molecule has 130 valence electrons. The van der Waals surface area contributed by atoms with Gasteiger partial charge in [-0.3, -0.25) is 14.4 Å². The number of hydrogen-bond acceptors (Lipinski definition) is 4. The summed E-state index contributed by atoms with van der Waals surface area (Å²) >= 11 is 0. The number of nitrogens with zero attached hydrogens (tertiary/aromatic N) is 3. The van der Waals surface area contributed by atoms with Gasteiger partial charge in [-0.1, -0.05) is 0 Å². The second-order valence-electron chi connectivity index (χ2n) is 6.52. The van der Waals surface area contributed by atoms with E-state index in [4.69, 9.17) is 0 Å². The zero-order valence-electron chi connectivity index (χ0n) is 14.6. The fourth-order valence-corrected chi connectivity index (χ4v) is 3.36. The number of carbonyl (C=O) groups excluding carboxylic acids is 1. The molecule has 1 fully saturated rings. The number of aryl methyl sites for hydroxylation is 2. The van der Waals surface area contributed by atoms with Crippen LogP contribution in [0.2, 0.25) is 0 Å². The van der Waals surface area contributed by atoms with Crippen LogP contribution in [0.15, 0.2) is 0 Å². The van der Waals surface area contributed by atoms with E-state index in [2.05, 4.69) is 15.3 Å². The molecule has 1 aromatic heterocycles. The second-order valence-corrected chi connectivity index (χ2v) is 6.52. The first-order chi connectivity index (χ1) is 11.0. The van der Waals surface area contributed by atoms with Crippen LogP contribution >= 0.6 is 0 Å². The molecule has 0 bridgehead atoms. The first-order valence-electron chi connectivity index (χ1n) is 8.63. The number of unbranched alkanes of at least 4 members (excludes halogenated alkanes) is 1. The van der Waals surface area contributed by atoms with Crippen LogP contribution in [-0.4, -0.2) is 58.0 Å². The second kappa shape index (κ2) is 8.45. The Kier molecular flexibility index (Phi) is 6.59. The Labute approximate surface area is 138 Å². The summed E-state index contributed by atoms with van der Waals surface area (Å²) in [5.74, 6) is 0.0682. The van der Waals surface area contributed by atoms with Gasteiger partial charge >= 0.3 is 0 Å². The lowest BCUT2D eigenvalue weighted by atomic mass is 10.1. The molecule has 1 unspecified atom stereocenters. The molecule has 1 aliphatic heterocycles. The highest BCUT2D eigenvalue weighted by atomic mass is 16.3. The van der Waals surface area contributed by atoms with Crippen LogP contribution in [0.1, 0.15) is 42.6 Å². The summed E-state index contributed by atoms with van der Waals surface area (Å²) in [5.41, 5.74) is 3.03. The Balaban J connectivity index is 1.63. The molecule has 6 nitrogen and oxygen atoms in total. The van der Waals surface area contributed by atoms with Crippen LogP contribution in [0.4, 0.5) is 0 Å². The maximum atomic E-state index is 12.1. The number of aromatic nitrogens is 2. The first kappa shape index (κ1) is 17.9. The number of amides is 1. The van der Waals surface area contributed by atoms with Gasteiger partial charge in [-0.25, -0.2) is 0 Å². The predicted molar refractivity (Wildman–Crippen MR) is 90.3 cm³/mol. The lowest BCUT2D eigenvalue weighted by Gasteiger charge is -2.22. The molecule has 0 radical (unpaired) electrons. The summed E-state index contributed by atoms with van der Waals surface area (Å²) in [6.45, 7) is 7.04. The van der Waals surface area contributed by atoms with Gasteiger partial charge in [-0.15, -0.1) is 0 Å². The average molecular weight is 322 g/mol. The lowest BCUT2D eigenvalue weighted by molar-refractivity contribution is -0.120. The van der Waals surface area contributed by atoms with Crippen molar-refractivity contribution in [2.75, 3.05) is 26.2 Å². The van der Waals surface area contributed by atoms with Gasteiger partial charge in [0, 0.05) is 30.9 Å². The highest BCUT2D eigenvalue weighted by molar-refractivity contribution is 5.79. The molecular formula is C17H30N4O2. The Morgan fingerprint density at radius 3 is 2.83 bits per heavy atom. The summed E-state index contributed by atoms with van der Waals surface area (Å²) in [7, 11) is 1.90. The molecule has 23 heavy (non-hydrogen) atoms. The van der Waals surface area contributed by atoms with E-state index in [1.807, 2.05) is 25.6 Å². The van der Waals surface area contributed by atoms with E-state index < -0.39 is 0 Å². The average Bonchev–Trinajstić information content (AvgIpc) is 3.07. The van der Waals surface area contributed by atoms with Crippen molar-refractivity contribution in [3.63, 3.8) is 0 Å². The molecule has 1 saturated heterocycles. The van der Waals surface area contributed by atoms with E-state index >= 15 is 0 Å². The van der Waals surface area contributed by atoms with Crippen molar-refractivity contribution in [1.82, 2.24) is 20.0 Å². The lowest BCUT2D eigenvalue weighted by Crippen LogP contribution is -2.33. The Morgan fingerprint density at radius 1 is 1.39 bits per heavy atom. The molecule has 0 aromatic carbocycles. The quantitative estimate of drug-likeness (QED) is 0.699. The van der Waals surface area contributed by atoms with Gasteiger partial charge in [0.15, 0.2) is 0 Å². The fraction of sp³-hybridized carbons (Fsp3) is 0.765. The van der Waals surface area contributed by atoms with Gasteiger partial charge in [0.2, 0.25) is 5.91 Å². The smallest absolute Gasteiger partial charge is 0.224 e. The summed E-state index contributed by atoms with van der Waals surface area (Å²) in [6.07, 6.45) is 4.74. The maximum absolute atomic E-state index is 12.1. The zero-order valence-corrected chi connectivity index (χ0v) is 14.6. The van der Waals surface area contributed by atoms with E-state index in [9.17, 15) is 9.90 Å². The SMILES string of the molecule is Cc1nn(C)c(C)c1CC(=O)NCCCCN1CCCC1CO. The van der Waals surface area contributed by atoms with Crippen molar-refractivity contribution in [1.29, 1.82) is 0 Å². The first-order valence-corrected chi connectivity index (χ1v) is 8.63. The largest absolute Gasteiger partial charge is 0.395 e. The van der Waals surface area contributed by atoms with Crippen LogP contribution in [0.5, 0.6) is 0 Å². The number of likely N-dealkylation sites (tertiary alicyclic amines) is 1. The standard InChI is InChI=1S/C17H30N4O2/c1-13-16(14(2)20(3)19-13)11-17(23)18-8-4-5-9-21-10-6-7-15(21)12-22/h15,22H,4-12H2,1-3H3,(H,18,23). The number of aliphatic hydroxyl groups is 1. The molecule has 6 heteroatoms. The molecule has 1 aliphatic rings. The molecule has 0 aliphatic carbocycles. The van der Waals surface area contributed by atoms with Gasteiger partial charge in [0.25, 0.3) is 0 Å². The van der Waals surface area contributed by atoms with Crippen molar-refractivity contribution in [3.05, 3.63) is 17.0 Å². The fourth-order valence-electron chi connectivity index (χ4n) is 3.36. The van der Waals surface area contributed by atoms with Crippen LogP contribution < -0.4 is 5.32 Å². The number of rotatable bonds is 8. The zero-order chi connectivity index (χ0) is 16.8. The third-order valence-corrected chi connectivity index (χ3v) is 4.90. The Bertz CT molecular complexity index is 527. The number of nitrogens with one attached hydrogen (secondary N) is 1. The number of aliphatic hydroxyl groups excluding tert-OH is 1. The minimum absolute atomic E-state index is 0.0682. The highest BCUT2D eigenvalue weighted by Crippen LogP contribution is 2.17. The topological polar surface area (TPSA) is 70.4 Å². The summed E-state index contributed by atoms with van der Waals surface area (Å²) < 4.78 is 1.82. The predicted octanol–water partition coefficient (Wildman–Crippen LogP) is 0.933. The molecule has 2 rings (SSSR count). The van der Waals surface area contributed by atoms with Gasteiger partial charge < -0.3 is 10.4 Å². The third-order valence-electron chi connectivity index (χ3n) is 4.90. The molecule has 0 spiro atoms. The molecule has 2 N–H and O–H groups in total. The molecule has 0 saturated carbocycles. The minimum atomic E-state index is 0.0682. The van der Waals surface area contributed by atoms with Crippen molar-refractivity contribution in [3.8, 4) is 0 Å². The molecule has 1 amide bonds. The summed E-state index contributed by atoms with van der Waals surface area (Å²) in [6, 6.07) is 0.348. The third kappa shape index (κ3) is 4.78. The van der Waals surface area contributed by atoms with E-state index in [-0.39, 0.29) is 12.5 Å². The molecular weight excluding hydrogens is 292 g/mol. The number of carbonyl (C=O) groups is 1. The van der Waals surface area contributed by atoms with Crippen molar-refractivity contribution in [2.24, 2.45) is 7.05 Å². The van der Waals surface area contributed by atoms with Crippen LogP contribution in [-0.2, 0) is 18.3 Å². The van der Waals surface area contributed by atoms with Crippen LogP contribution in [0, 0.1) is 13.8 Å². The van der Waals surface area contributed by atoms with Crippen molar-refractivity contribution >= 4 is 5.91 Å². The van der Waals surface area contributed by atoms with Crippen LogP contribution in [0.25, 0.3) is 0 Å². The van der Waals surface area contributed by atoms with E-state index in [1.54, 1.807) is 0 Å². The Morgan fingerprint density at radius 2 is 2.17 bits per heavy atom. The van der Waals surface area contributed by atoms with Crippen molar-refractivity contribution in [2.45, 2.75) is 52.0 Å².